The zero-order valence-electron chi connectivity index (χ0n) is 23.9. The first-order valence-electron chi connectivity index (χ1n) is 14.5. The minimum Gasteiger partial charge on any atom is -0.466 e. The van der Waals surface area contributed by atoms with E-state index in [1.165, 1.54) is 0 Å². The lowest BCUT2D eigenvalue weighted by molar-refractivity contribution is -0.122. The molecule has 8 heteroatoms. The van der Waals surface area contributed by atoms with Crippen LogP contribution in [0.4, 0.5) is 10.5 Å². The molecular weight excluding hydrogens is 518 g/mol. The molecule has 0 bridgehead atoms. The third-order valence-corrected chi connectivity index (χ3v) is 8.64. The van der Waals surface area contributed by atoms with Crippen LogP contribution in [-0.4, -0.2) is 58.4 Å². The number of pyridine rings is 1. The van der Waals surface area contributed by atoms with Crippen LogP contribution in [0.5, 0.6) is 5.88 Å². The van der Waals surface area contributed by atoms with Crippen molar-refractivity contribution in [3.63, 3.8) is 0 Å². The van der Waals surface area contributed by atoms with Gasteiger partial charge in [-0.1, -0.05) is 54.6 Å². The topological polar surface area (TPSA) is 92.2 Å². The van der Waals surface area contributed by atoms with Gasteiger partial charge in [-0.2, -0.15) is 0 Å². The number of ether oxygens (including phenoxy) is 2. The summed E-state index contributed by atoms with van der Waals surface area (Å²) in [6, 6.07) is 20.3. The van der Waals surface area contributed by atoms with Gasteiger partial charge in [0.05, 0.1) is 11.2 Å². The Kier molecular flexibility index (Phi) is 6.98. The van der Waals surface area contributed by atoms with Gasteiger partial charge in [0.1, 0.15) is 5.69 Å². The molecule has 0 unspecified atom stereocenters. The fourth-order valence-electron chi connectivity index (χ4n) is 6.70. The maximum Gasteiger partial charge on any atom is 0.408 e. The second-order valence-electron chi connectivity index (χ2n) is 12.2. The van der Waals surface area contributed by atoms with E-state index in [1.807, 2.05) is 86.3 Å². The lowest BCUT2D eigenvalue weighted by Crippen LogP contribution is -2.60. The molecule has 6 rings (SSSR count). The number of fused-ring (bicyclic) bond motifs is 1. The average Bonchev–Trinajstić information content (AvgIpc) is 2.94. The normalized spacial score (nSPS) is 18.7. The van der Waals surface area contributed by atoms with Crippen LogP contribution in [0.15, 0.2) is 60.7 Å². The zero-order chi connectivity index (χ0) is 28.8. The van der Waals surface area contributed by atoms with E-state index in [0.29, 0.717) is 24.8 Å². The van der Waals surface area contributed by atoms with Crippen LogP contribution in [0.2, 0.25) is 0 Å². The smallest absolute Gasteiger partial charge is 0.408 e. The molecule has 2 fully saturated rings. The molecule has 1 aromatic heterocycles. The predicted molar refractivity (Wildman–Crippen MR) is 157 cm³/mol. The fraction of sp³-hybridized carbons (Fsp3) is 0.424. The summed E-state index contributed by atoms with van der Waals surface area (Å²) in [7, 11) is 0. The first-order valence-corrected chi connectivity index (χ1v) is 14.5. The van der Waals surface area contributed by atoms with E-state index in [2.05, 4.69) is 0 Å². The second-order valence-corrected chi connectivity index (χ2v) is 12.2. The van der Waals surface area contributed by atoms with Gasteiger partial charge in [-0.3, -0.25) is 9.69 Å². The lowest BCUT2D eigenvalue weighted by Gasteiger charge is -2.54. The van der Waals surface area contributed by atoms with Gasteiger partial charge in [0.15, 0.2) is 6.61 Å². The highest BCUT2D eigenvalue weighted by Gasteiger charge is 2.50. The molecule has 8 nitrogen and oxygen atoms in total. The number of carbonyl (C=O) groups is 2. The molecule has 2 aromatic carbocycles. The second kappa shape index (κ2) is 10.5. The van der Waals surface area contributed by atoms with Crippen molar-refractivity contribution in [3.8, 4) is 28.3 Å². The highest BCUT2D eigenvalue weighted by molar-refractivity contribution is 6.00. The largest absolute Gasteiger partial charge is 0.466 e. The first kappa shape index (κ1) is 27.3. The number of amides is 2. The number of hydrogen-bond donors (Lipinski definition) is 1. The molecule has 3 heterocycles. The fourth-order valence-corrected chi connectivity index (χ4v) is 6.70. The summed E-state index contributed by atoms with van der Waals surface area (Å²) in [4.78, 5) is 34.0. The molecule has 0 radical (unpaired) electrons. The van der Waals surface area contributed by atoms with Gasteiger partial charge in [0, 0.05) is 35.9 Å². The summed E-state index contributed by atoms with van der Waals surface area (Å²) in [5.74, 6) is 0.394. The molecule has 3 aromatic rings. The number of anilines is 1. The monoisotopic (exact) mass is 555 g/mol. The van der Waals surface area contributed by atoms with Crippen LogP contribution < -0.4 is 9.64 Å². The Morgan fingerprint density at radius 2 is 1.71 bits per heavy atom. The molecule has 214 valence electrons. The van der Waals surface area contributed by atoms with Crippen molar-refractivity contribution in [2.24, 2.45) is 0 Å². The molecule has 0 spiro atoms. The minimum absolute atomic E-state index is 0.0409. The maximum absolute atomic E-state index is 13.1. The van der Waals surface area contributed by atoms with Crippen LogP contribution >= 0.6 is 0 Å². The van der Waals surface area contributed by atoms with Crippen molar-refractivity contribution in [2.75, 3.05) is 24.7 Å². The predicted octanol–water partition coefficient (Wildman–Crippen LogP) is 6.48. The van der Waals surface area contributed by atoms with Crippen molar-refractivity contribution >= 4 is 17.7 Å². The number of hydrogen-bond acceptors (Lipinski definition) is 5. The van der Waals surface area contributed by atoms with E-state index in [-0.39, 0.29) is 18.6 Å². The quantitative estimate of drug-likeness (QED) is 0.388. The summed E-state index contributed by atoms with van der Waals surface area (Å²) >= 11 is 0. The summed E-state index contributed by atoms with van der Waals surface area (Å²) < 4.78 is 11.5. The van der Waals surface area contributed by atoms with E-state index in [0.717, 1.165) is 60.1 Å². The Morgan fingerprint density at radius 1 is 1.02 bits per heavy atom. The van der Waals surface area contributed by atoms with Crippen molar-refractivity contribution in [1.82, 2.24) is 9.88 Å². The van der Waals surface area contributed by atoms with Crippen LogP contribution in [0.25, 0.3) is 22.4 Å². The van der Waals surface area contributed by atoms with Crippen molar-refractivity contribution in [2.45, 2.75) is 70.0 Å². The Morgan fingerprint density at radius 3 is 2.29 bits per heavy atom. The number of carbonyl (C=O) groups excluding carboxylic acids is 1. The number of benzene rings is 2. The molecule has 2 amide bonds. The Balaban J connectivity index is 1.44. The highest BCUT2D eigenvalue weighted by Crippen LogP contribution is 2.50. The van der Waals surface area contributed by atoms with Gasteiger partial charge in [-0.25, -0.2) is 9.78 Å². The number of rotatable bonds is 5. The van der Waals surface area contributed by atoms with Crippen molar-refractivity contribution in [3.05, 3.63) is 66.2 Å². The van der Waals surface area contributed by atoms with Crippen molar-refractivity contribution in [1.29, 1.82) is 0 Å². The van der Waals surface area contributed by atoms with Gasteiger partial charge in [0.25, 0.3) is 5.91 Å². The maximum atomic E-state index is 13.1. The Labute approximate surface area is 240 Å². The highest BCUT2D eigenvalue weighted by atomic mass is 16.5. The number of aromatic nitrogens is 1. The SMILES string of the molecule is CC(C)(C)N(C(=O)O)C1(c2ccc(-c3nc4c(cc3-c3ccccc3)N(C3CCOCC3)C(=O)CO4)cc2)CCC1. The van der Waals surface area contributed by atoms with Gasteiger partial charge in [-0.15, -0.1) is 0 Å². The molecule has 41 heavy (non-hydrogen) atoms. The molecule has 3 aliphatic rings. The molecule has 2 aliphatic heterocycles. The molecule has 1 aliphatic carbocycles. The number of carboxylic acid groups (broad SMARTS) is 1. The van der Waals surface area contributed by atoms with Gasteiger partial charge in [-0.05, 0) is 70.1 Å². The Bertz CT molecular complexity index is 1440. The van der Waals surface area contributed by atoms with Crippen LogP contribution in [0.1, 0.15) is 58.4 Å². The summed E-state index contributed by atoms with van der Waals surface area (Å²) in [6.45, 7) is 7.07. The molecule has 1 saturated carbocycles. The van der Waals surface area contributed by atoms with E-state index >= 15 is 0 Å². The van der Waals surface area contributed by atoms with E-state index in [9.17, 15) is 14.7 Å². The first-order chi connectivity index (χ1) is 19.7. The third-order valence-electron chi connectivity index (χ3n) is 8.64. The van der Waals surface area contributed by atoms with E-state index in [1.54, 1.807) is 4.90 Å². The zero-order valence-corrected chi connectivity index (χ0v) is 23.9. The lowest BCUT2D eigenvalue weighted by atomic mass is 9.69. The standard InChI is InChI=1S/C33H37N3O5/c1-32(2,3)36(31(38)39)33(16-7-17-33)24-12-10-23(11-13-24)29-26(22-8-5-4-6-9-22)20-27-30(34-29)41-21-28(37)35(27)25-14-18-40-19-15-25/h4-6,8-13,20,25H,7,14-19,21H2,1-3H3,(H,38,39). The average molecular weight is 556 g/mol. The van der Waals surface area contributed by atoms with Gasteiger partial charge >= 0.3 is 6.09 Å². The van der Waals surface area contributed by atoms with E-state index in [4.69, 9.17) is 14.5 Å². The van der Waals surface area contributed by atoms with Crippen LogP contribution in [0.3, 0.4) is 0 Å². The van der Waals surface area contributed by atoms with Crippen LogP contribution in [0, 0.1) is 0 Å². The van der Waals surface area contributed by atoms with Crippen molar-refractivity contribution < 1.29 is 24.2 Å². The summed E-state index contributed by atoms with van der Waals surface area (Å²) in [5, 5.41) is 10.2. The van der Waals surface area contributed by atoms with Crippen LogP contribution in [-0.2, 0) is 15.1 Å². The molecular formula is C33H37N3O5. The molecule has 1 saturated heterocycles. The number of nitrogens with zero attached hydrogens (tertiary/aromatic N) is 3. The third kappa shape index (κ3) is 4.84. The van der Waals surface area contributed by atoms with E-state index < -0.39 is 17.2 Å². The van der Waals surface area contributed by atoms with Gasteiger partial charge in [0.2, 0.25) is 5.88 Å². The summed E-state index contributed by atoms with van der Waals surface area (Å²) in [6.07, 6.45) is 3.24. The molecule has 0 atom stereocenters. The minimum atomic E-state index is -0.898. The van der Waals surface area contributed by atoms with Gasteiger partial charge < -0.3 is 19.5 Å². The molecule has 1 N–H and O–H groups in total. The Hall–Kier alpha value is -3.91. The summed E-state index contributed by atoms with van der Waals surface area (Å²) in [5.41, 5.74) is 4.19.